The first-order chi connectivity index (χ1) is 38.1. The molecule has 0 aliphatic rings. The zero-order chi connectivity index (χ0) is 55.5. The fourth-order valence-electron chi connectivity index (χ4n) is 9.17. The maximum absolute atomic E-state index is 12.3. The van der Waals surface area contributed by atoms with Crippen LogP contribution in [0.4, 0.5) is 0 Å². The van der Waals surface area contributed by atoms with Gasteiger partial charge in [-0.2, -0.15) is 0 Å². The summed E-state index contributed by atoms with van der Waals surface area (Å²) in [5, 5.41) is 9.68. The molecule has 0 rings (SSSR count). The second kappa shape index (κ2) is 66.6. The van der Waals surface area contributed by atoms with E-state index in [2.05, 4.69) is 135 Å². The van der Waals surface area contributed by atoms with E-state index in [9.17, 15) is 14.7 Å². The van der Waals surface area contributed by atoms with E-state index in [0.717, 1.165) is 109 Å². The van der Waals surface area contributed by atoms with Gasteiger partial charge < -0.3 is 14.6 Å². The van der Waals surface area contributed by atoms with Gasteiger partial charge in [0.1, 0.15) is 6.61 Å². The van der Waals surface area contributed by atoms with Crippen LogP contribution in [0.25, 0.3) is 0 Å². The van der Waals surface area contributed by atoms with Gasteiger partial charge in [0.15, 0.2) is 6.10 Å². The third-order valence-electron chi connectivity index (χ3n) is 14.0. The average molecular weight is 1070 g/mol. The third kappa shape index (κ3) is 64.7. The fraction of sp³-hybridized carbons (Fsp3) is 0.694. The van der Waals surface area contributed by atoms with Crippen molar-refractivity contribution in [2.45, 2.75) is 309 Å². The lowest BCUT2D eigenvalue weighted by Crippen LogP contribution is -2.28. The fourth-order valence-corrected chi connectivity index (χ4v) is 9.17. The molecule has 0 saturated heterocycles. The van der Waals surface area contributed by atoms with Crippen molar-refractivity contribution in [3.63, 3.8) is 0 Å². The van der Waals surface area contributed by atoms with Gasteiger partial charge in [0.25, 0.3) is 0 Å². The molecule has 440 valence electrons. The van der Waals surface area contributed by atoms with Crippen LogP contribution in [0.15, 0.2) is 122 Å². The van der Waals surface area contributed by atoms with Gasteiger partial charge in [0, 0.05) is 12.8 Å². The minimum absolute atomic E-state index is 0.0750. The van der Waals surface area contributed by atoms with Crippen LogP contribution in [0, 0.1) is 0 Å². The van der Waals surface area contributed by atoms with Gasteiger partial charge in [-0.1, -0.05) is 322 Å². The van der Waals surface area contributed by atoms with Crippen LogP contribution in [0.3, 0.4) is 0 Å². The van der Waals surface area contributed by atoms with Crippen molar-refractivity contribution in [3.05, 3.63) is 122 Å². The van der Waals surface area contributed by atoms with E-state index >= 15 is 0 Å². The van der Waals surface area contributed by atoms with E-state index < -0.39 is 6.10 Å². The highest BCUT2D eigenvalue weighted by atomic mass is 16.6. The molecular weight excluding hydrogens is 945 g/mol. The van der Waals surface area contributed by atoms with E-state index in [1.54, 1.807) is 0 Å². The Bertz CT molecular complexity index is 1540. The number of rotatable bonds is 59. The highest BCUT2D eigenvalue weighted by Gasteiger charge is 2.16. The monoisotopic (exact) mass is 1070 g/mol. The Morgan fingerprint density at radius 2 is 0.558 bits per heavy atom. The van der Waals surface area contributed by atoms with E-state index in [4.69, 9.17) is 9.47 Å². The standard InChI is InChI=1S/C72H122O5/c1-3-5-7-9-11-13-15-17-19-21-23-25-27-29-31-32-33-34-35-36-37-38-39-40-41-43-45-47-49-51-53-55-57-59-61-63-65-67-72(75)77-70(68-73)69-76-71(74)66-64-62-60-58-56-54-52-50-48-46-44-42-30-28-26-24-22-20-18-16-14-12-10-8-6-4-2/h5,7,11,13,17,19,23,25,29,31,33-34,36-37,39-40,43,45,49,51,70,73H,3-4,6,8-10,12,14-16,18,20-22,24,26-28,30,32,35,38,41-42,44,46-48,50,52-69H2,1-2H3/b7-5-,13-11-,19-17-,25-23-,31-29-,34-33-,37-36-,40-39-,45-43-,51-49-. The number of allylic oxidation sites excluding steroid dienone is 20. The van der Waals surface area contributed by atoms with E-state index in [0.29, 0.717) is 12.8 Å². The molecule has 0 aromatic carbocycles. The van der Waals surface area contributed by atoms with E-state index in [-0.39, 0.29) is 25.2 Å². The first-order valence-electron chi connectivity index (χ1n) is 32.6. The van der Waals surface area contributed by atoms with Crippen LogP contribution in [0.2, 0.25) is 0 Å². The van der Waals surface area contributed by atoms with Crippen LogP contribution < -0.4 is 0 Å². The predicted molar refractivity (Wildman–Crippen MR) is 338 cm³/mol. The SMILES string of the molecule is CC/C=C\C/C=C\C/C=C\C/C=C\C/C=C\C/C=C\C/C=C\C/C=C\C/C=C\C/C=C\CCCCCCCCC(=O)OC(CO)COC(=O)CCCCCCCCCCCCCCCCCCCCCCCCCCCC. The molecule has 0 amide bonds. The molecule has 5 heteroatoms. The predicted octanol–water partition coefficient (Wildman–Crippen LogP) is 22.6. The number of ether oxygens (including phenoxy) is 2. The summed E-state index contributed by atoms with van der Waals surface area (Å²) in [5.74, 6) is -0.602. The van der Waals surface area contributed by atoms with Crippen molar-refractivity contribution < 1.29 is 24.2 Å². The third-order valence-corrected chi connectivity index (χ3v) is 14.0. The number of carbonyl (C=O) groups excluding carboxylic acids is 2. The van der Waals surface area contributed by atoms with Crippen LogP contribution in [-0.2, 0) is 19.1 Å². The Kier molecular flexibility index (Phi) is 63.4. The smallest absolute Gasteiger partial charge is 0.306 e. The molecule has 0 aromatic rings. The highest BCUT2D eigenvalue weighted by Crippen LogP contribution is 2.17. The summed E-state index contributed by atoms with van der Waals surface area (Å²) in [4.78, 5) is 24.6. The van der Waals surface area contributed by atoms with Gasteiger partial charge in [-0.15, -0.1) is 0 Å². The molecule has 0 bridgehead atoms. The summed E-state index contributed by atoms with van der Waals surface area (Å²) in [7, 11) is 0. The van der Waals surface area contributed by atoms with Crippen LogP contribution in [-0.4, -0.2) is 36.4 Å². The van der Waals surface area contributed by atoms with Gasteiger partial charge in [-0.25, -0.2) is 0 Å². The molecule has 0 aromatic heterocycles. The van der Waals surface area contributed by atoms with Gasteiger partial charge in [-0.3, -0.25) is 9.59 Å². The summed E-state index contributed by atoms with van der Waals surface area (Å²) in [6.07, 6.45) is 97.7. The van der Waals surface area contributed by atoms with Gasteiger partial charge in [0.2, 0.25) is 0 Å². The van der Waals surface area contributed by atoms with Crippen molar-refractivity contribution in [3.8, 4) is 0 Å². The van der Waals surface area contributed by atoms with E-state index in [1.165, 1.54) is 167 Å². The van der Waals surface area contributed by atoms with Crippen molar-refractivity contribution in [2.75, 3.05) is 13.2 Å². The number of hydrogen-bond donors (Lipinski definition) is 1. The first kappa shape index (κ1) is 73.3. The summed E-state index contributed by atoms with van der Waals surface area (Å²) < 4.78 is 10.7. The van der Waals surface area contributed by atoms with Crippen molar-refractivity contribution in [1.29, 1.82) is 0 Å². The van der Waals surface area contributed by atoms with Crippen LogP contribution >= 0.6 is 0 Å². The summed E-state index contributed by atoms with van der Waals surface area (Å²) in [6, 6.07) is 0. The molecule has 0 aliphatic carbocycles. The molecule has 1 N–H and O–H groups in total. The van der Waals surface area contributed by atoms with Crippen molar-refractivity contribution in [1.82, 2.24) is 0 Å². The Hall–Kier alpha value is -3.70. The Labute approximate surface area is 477 Å². The Morgan fingerprint density at radius 1 is 0.312 bits per heavy atom. The average Bonchev–Trinajstić information content (AvgIpc) is 3.43. The first-order valence-corrected chi connectivity index (χ1v) is 32.6. The largest absolute Gasteiger partial charge is 0.462 e. The quantitative estimate of drug-likeness (QED) is 0.0373. The molecule has 0 spiro atoms. The maximum atomic E-state index is 12.3. The number of esters is 2. The minimum atomic E-state index is -0.788. The Balaban J connectivity index is 3.56. The zero-order valence-corrected chi connectivity index (χ0v) is 50.4. The molecule has 0 heterocycles. The molecule has 77 heavy (non-hydrogen) atoms. The van der Waals surface area contributed by atoms with Crippen molar-refractivity contribution >= 4 is 11.9 Å². The van der Waals surface area contributed by atoms with E-state index in [1.807, 2.05) is 0 Å². The number of aliphatic hydroxyl groups is 1. The molecule has 0 fully saturated rings. The number of carbonyl (C=O) groups is 2. The topological polar surface area (TPSA) is 72.8 Å². The summed E-state index contributed by atoms with van der Waals surface area (Å²) in [5.41, 5.74) is 0. The lowest BCUT2D eigenvalue weighted by Gasteiger charge is -2.15. The summed E-state index contributed by atoms with van der Waals surface area (Å²) >= 11 is 0. The number of aliphatic hydroxyl groups excluding tert-OH is 1. The van der Waals surface area contributed by atoms with Gasteiger partial charge in [0.05, 0.1) is 6.61 Å². The molecule has 1 unspecified atom stereocenters. The molecule has 1 atom stereocenters. The lowest BCUT2D eigenvalue weighted by molar-refractivity contribution is -0.161. The van der Waals surface area contributed by atoms with Gasteiger partial charge >= 0.3 is 11.9 Å². The molecule has 0 radical (unpaired) electrons. The minimum Gasteiger partial charge on any atom is -0.462 e. The highest BCUT2D eigenvalue weighted by molar-refractivity contribution is 5.70. The second-order valence-corrected chi connectivity index (χ2v) is 21.5. The van der Waals surface area contributed by atoms with Gasteiger partial charge in [-0.05, 0) is 89.9 Å². The van der Waals surface area contributed by atoms with Crippen molar-refractivity contribution in [2.24, 2.45) is 0 Å². The van der Waals surface area contributed by atoms with Crippen LogP contribution in [0.1, 0.15) is 303 Å². The zero-order valence-electron chi connectivity index (χ0n) is 50.4. The second-order valence-electron chi connectivity index (χ2n) is 21.5. The van der Waals surface area contributed by atoms with Crippen LogP contribution in [0.5, 0.6) is 0 Å². The Morgan fingerprint density at radius 3 is 0.844 bits per heavy atom. The lowest BCUT2D eigenvalue weighted by atomic mass is 10.0. The molecular formula is C72H122O5. The molecule has 0 aliphatic heterocycles. The number of hydrogen-bond acceptors (Lipinski definition) is 5. The molecule has 0 saturated carbocycles. The normalized spacial score (nSPS) is 13.0. The summed E-state index contributed by atoms with van der Waals surface area (Å²) in [6.45, 7) is 4.04. The number of unbranched alkanes of at least 4 members (excludes halogenated alkanes) is 31. The molecule has 5 nitrogen and oxygen atoms in total. The maximum Gasteiger partial charge on any atom is 0.306 e.